The van der Waals surface area contributed by atoms with Gasteiger partial charge in [-0.2, -0.15) is 0 Å². The summed E-state index contributed by atoms with van der Waals surface area (Å²) in [5, 5.41) is 19.2. The topological polar surface area (TPSA) is 102 Å². The van der Waals surface area contributed by atoms with Gasteiger partial charge in [0, 0.05) is 31.6 Å². The molecule has 0 aliphatic carbocycles. The quantitative estimate of drug-likeness (QED) is 0.289. The van der Waals surface area contributed by atoms with Crippen LogP contribution in [-0.4, -0.2) is 54.9 Å². The average molecular weight is 322 g/mol. The molecule has 0 aromatic rings. The summed E-state index contributed by atoms with van der Waals surface area (Å²) in [6.07, 6.45) is 8.38. The van der Waals surface area contributed by atoms with Crippen molar-refractivity contribution >= 4 is 12.1 Å². The van der Waals surface area contributed by atoms with E-state index in [-0.39, 0.29) is 12.5 Å². The van der Waals surface area contributed by atoms with Gasteiger partial charge in [0.2, 0.25) is 5.91 Å². The van der Waals surface area contributed by atoms with Gasteiger partial charge in [0.15, 0.2) is 0 Å². The second-order valence-corrected chi connectivity index (χ2v) is 5.98. The molecule has 6 nitrogen and oxygen atoms in total. The Morgan fingerprint density at radius 3 is 2.96 bits per heavy atom. The van der Waals surface area contributed by atoms with Crippen LogP contribution in [0.25, 0.3) is 0 Å². The molecule has 23 heavy (non-hydrogen) atoms. The number of likely N-dealkylation sites (tertiary alicyclic amines) is 1. The number of amides is 1. The molecule has 1 aliphatic heterocycles. The number of carbonyl (C=O) groups is 1. The normalized spacial score (nSPS) is 20.3. The molecule has 6 heteroatoms. The maximum atomic E-state index is 12.0. The number of rotatable bonds is 9. The van der Waals surface area contributed by atoms with Gasteiger partial charge < -0.3 is 21.6 Å². The number of piperidine rings is 1. The van der Waals surface area contributed by atoms with Crippen LogP contribution < -0.4 is 11.1 Å². The van der Waals surface area contributed by atoms with E-state index in [2.05, 4.69) is 10.2 Å². The number of aliphatic hydroxyl groups is 1. The van der Waals surface area contributed by atoms with E-state index < -0.39 is 0 Å². The lowest BCUT2D eigenvalue weighted by Crippen LogP contribution is -2.43. The summed E-state index contributed by atoms with van der Waals surface area (Å²) < 4.78 is 0. The molecule has 1 atom stereocenters. The Morgan fingerprint density at radius 1 is 1.52 bits per heavy atom. The third kappa shape index (κ3) is 7.43. The highest BCUT2D eigenvalue weighted by atomic mass is 16.3. The summed E-state index contributed by atoms with van der Waals surface area (Å²) in [5.74, 6) is 0.339. The zero-order valence-electron chi connectivity index (χ0n) is 14.1. The van der Waals surface area contributed by atoms with Crippen molar-refractivity contribution < 1.29 is 9.90 Å². The Kier molecular flexibility index (Phi) is 9.24. The van der Waals surface area contributed by atoms with Crippen molar-refractivity contribution in [3.63, 3.8) is 0 Å². The molecule has 1 amide bonds. The van der Waals surface area contributed by atoms with E-state index in [4.69, 9.17) is 11.1 Å². The Hall–Kier alpha value is -1.66. The van der Waals surface area contributed by atoms with Gasteiger partial charge in [-0.25, -0.2) is 0 Å². The summed E-state index contributed by atoms with van der Waals surface area (Å²) in [4.78, 5) is 14.1. The van der Waals surface area contributed by atoms with Crippen molar-refractivity contribution in [3.05, 3.63) is 23.4 Å². The number of nitrogens with one attached hydrogen (secondary N) is 2. The first kappa shape index (κ1) is 19.4. The lowest BCUT2D eigenvalue weighted by atomic mass is 9.99. The Labute approximate surface area is 138 Å². The first-order chi connectivity index (χ1) is 11.1. The third-order valence-electron chi connectivity index (χ3n) is 4.16. The number of carbonyl (C=O) groups excluding carboxylic acids is 1. The fourth-order valence-corrected chi connectivity index (χ4v) is 2.86. The minimum absolute atomic E-state index is 0.0358. The number of hydrogen-bond donors (Lipinski definition) is 4. The number of nitrogens with two attached hydrogens (primary N) is 1. The van der Waals surface area contributed by atoms with E-state index in [0.29, 0.717) is 24.7 Å². The monoisotopic (exact) mass is 322 g/mol. The van der Waals surface area contributed by atoms with Crippen molar-refractivity contribution in [3.8, 4) is 0 Å². The highest BCUT2D eigenvalue weighted by Gasteiger charge is 2.20. The molecular formula is C17H30N4O2. The molecule has 1 saturated heterocycles. The molecule has 1 unspecified atom stereocenters. The van der Waals surface area contributed by atoms with Crippen LogP contribution in [-0.2, 0) is 4.79 Å². The van der Waals surface area contributed by atoms with Gasteiger partial charge in [0.05, 0.1) is 6.54 Å². The zero-order valence-corrected chi connectivity index (χ0v) is 14.1. The van der Waals surface area contributed by atoms with Crippen LogP contribution in [0.3, 0.4) is 0 Å². The standard InChI is InChI=1S/C17H30N4O2/c1-2-15(16(19)7-8-18)6-3-9-20-17(23)12-21-10-4-5-14(11-21)13-22/h2,7-8,14,18,22H,3-6,9-13,19H2,1H3,(H,20,23)/b15-2+,16-7-,18-8?. The third-order valence-corrected chi connectivity index (χ3v) is 4.16. The van der Waals surface area contributed by atoms with Crippen LogP contribution in [0.2, 0.25) is 0 Å². The first-order valence-corrected chi connectivity index (χ1v) is 8.32. The molecule has 0 radical (unpaired) electrons. The SMILES string of the molecule is C/C=C(CCCNC(=O)CN1CCCC(CO)C1)/C(N)=C/C=N. The highest BCUT2D eigenvalue weighted by Crippen LogP contribution is 2.15. The first-order valence-electron chi connectivity index (χ1n) is 8.32. The smallest absolute Gasteiger partial charge is 0.234 e. The summed E-state index contributed by atoms with van der Waals surface area (Å²) in [7, 11) is 0. The summed E-state index contributed by atoms with van der Waals surface area (Å²) in [5.41, 5.74) is 7.47. The maximum Gasteiger partial charge on any atom is 0.234 e. The second kappa shape index (κ2) is 11.0. The van der Waals surface area contributed by atoms with Gasteiger partial charge in [-0.1, -0.05) is 6.08 Å². The molecule has 1 heterocycles. The van der Waals surface area contributed by atoms with Gasteiger partial charge in [-0.3, -0.25) is 9.69 Å². The largest absolute Gasteiger partial charge is 0.398 e. The fourth-order valence-electron chi connectivity index (χ4n) is 2.86. The summed E-state index contributed by atoms with van der Waals surface area (Å²) in [6, 6.07) is 0. The molecule has 1 rings (SSSR count). The number of allylic oxidation sites excluding steroid dienone is 3. The predicted octanol–water partition coefficient (Wildman–Crippen LogP) is 1.03. The lowest BCUT2D eigenvalue weighted by Gasteiger charge is -2.31. The van der Waals surface area contributed by atoms with E-state index in [1.807, 2.05) is 13.0 Å². The van der Waals surface area contributed by atoms with E-state index in [1.54, 1.807) is 6.08 Å². The molecule has 5 N–H and O–H groups in total. The van der Waals surface area contributed by atoms with Crippen LogP contribution >= 0.6 is 0 Å². The van der Waals surface area contributed by atoms with Crippen molar-refractivity contribution in [2.75, 3.05) is 32.8 Å². The zero-order chi connectivity index (χ0) is 17.1. The molecule has 0 aromatic carbocycles. The molecule has 0 bridgehead atoms. The summed E-state index contributed by atoms with van der Waals surface area (Å²) in [6.45, 7) is 4.88. The van der Waals surface area contributed by atoms with Crippen LogP contribution in [0.1, 0.15) is 32.6 Å². The molecule has 1 fully saturated rings. The minimum atomic E-state index is 0.0358. The van der Waals surface area contributed by atoms with Gasteiger partial charge in [0.25, 0.3) is 0 Å². The average Bonchev–Trinajstić information content (AvgIpc) is 2.55. The molecular weight excluding hydrogens is 292 g/mol. The second-order valence-electron chi connectivity index (χ2n) is 5.98. The van der Waals surface area contributed by atoms with E-state index >= 15 is 0 Å². The number of nitrogens with zero attached hydrogens (tertiary/aromatic N) is 1. The number of hydrogen-bond acceptors (Lipinski definition) is 5. The van der Waals surface area contributed by atoms with Gasteiger partial charge >= 0.3 is 0 Å². The fraction of sp³-hybridized carbons (Fsp3) is 0.647. The van der Waals surface area contributed by atoms with Crippen LogP contribution in [0, 0.1) is 11.3 Å². The molecule has 1 aliphatic rings. The van der Waals surface area contributed by atoms with Crippen molar-refractivity contribution in [2.45, 2.75) is 32.6 Å². The number of aliphatic hydroxyl groups excluding tert-OH is 1. The van der Waals surface area contributed by atoms with E-state index in [1.165, 1.54) is 6.21 Å². The highest BCUT2D eigenvalue weighted by molar-refractivity contribution is 5.78. The van der Waals surface area contributed by atoms with Crippen LogP contribution in [0.4, 0.5) is 0 Å². The van der Waals surface area contributed by atoms with Gasteiger partial charge in [0.1, 0.15) is 0 Å². The Morgan fingerprint density at radius 2 is 2.30 bits per heavy atom. The van der Waals surface area contributed by atoms with E-state index in [0.717, 1.165) is 44.3 Å². The molecule has 0 saturated carbocycles. The Balaban J connectivity index is 2.23. The van der Waals surface area contributed by atoms with Crippen molar-refractivity contribution in [1.82, 2.24) is 10.2 Å². The van der Waals surface area contributed by atoms with E-state index in [9.17, 15) is 9.90 Å². The van der Waals surface area contributed by atoms with Crippen LogP contribution in [0.5, 0.6) is 0 Å². The van der Waals surface area contributed by atoms with Gasteiger partial charge in [-0.05, 0) is 56.7 Å². The predicted molar refractivity (Wildman–Crippen MR) is 93.3 cm³/mol. The summed E-state index contributed by atoms with van der Waals surface area (Å²) >= 11 is 0. The minimum Gasteiger partial charge on any atom is -0.398 e. The maximum absolute atomic E-state index is 12.0. The van der Waals surface area contributed by atoms with Gasteiger partial charge in [-0.15, -0.1) is 0 Å². The molecule has 0 aromatic heterocycles. The Bertz CT molecular complexity index is 446. The van der Waals surface area contributed by atoms with Crippen molar-refractivity contribution in [2.24, 2.45) is 11.7 Å². The molecule has 130 valence electrons. The molecule has 0 spiro atoms. The lowest BCUT2D eigenvalue weighted by molar-refractivity contribution is -0.122. The van der Waals surface area contributed by atoms with Crippen LogP contribution in [0.15, 0.2) is 23.4 Å². The van der Waals surface area contributed by atoms with Crippen molar-refractivity contribution in [1.29, 1.82) is 5.41 Å².